The van der Waals surface area contributed by atoms with Gasteiger partial charge in [0.2, 0.25) is 5.91 Å². The first kappa shape index (κ1) is 16.4. The zero-order valence-corrected chi connectivity index (χ0v) is 13.4. The fourth-order valence-corrected chi connectivity index (χ4v) is 3.74. The number of carbonyl (C=O) groups is 1. The van der Waals surface area contributed by atoms with Crippen molar-refractivity contribution in [2.75, 3.05) is 19.6 Å². The molecule has 1 aliphatic carbocycles. The summed E-state index contributed by atoms with van der Waals surface area (Å²) in [5.41, 5.74) is -0.751. The highest BCUT2D eigenvalue weighted by Gasteiger charge is 2.36. The highest BCUT2D eigenvalue weighted by atomic mass is 19.1. The molecule has 2 aliphatic rings. The van der Waals surface area contributed by atoms with E-state index in [9.17, 15) is 14.3 Å². The molecule has 0 radical (unpaired) electrons. The van der Waals surface area contributed by atoms with Crippen LogP contribution in [0.1, 0.15) is 44.1 Å². The Bertz CT molecular complexity index is 550. The van der Waals surface area contributed by atoms with Crippen molar-refractivity contribution < 1.29 is 14.3 Å². The molecule has 0 aromatic heterocycles. The van der Waals surface area contributed by atoms with E-state index in [0.717, 1.165) is 12.8 Å². The van der Waals surface area contributed by atoms with Gasteiger partial charge in [0, 0.05) is 24.7 Å². The molecule has 1 saturated carbocycles. The van der Waals surface area contributed by atoms with E-state index in [0.29, 0.717) is 44.1 Å². The molecule has 1 aliphatic heterocycles. The van der Waals surface area contributed by atoms with Crippen molar-refractivity contribution in [1.82, 2.24) is 10.2 Å². The maximum atomic E-state index is 13.9. The second kappa shape index (κ2) is 6.97. The first-order chi connectivity index (χ1) is 11.1. The van der Waals surface area contributed by atoms with Crippen LogP contribution in [0.15, 0.2) is 24.3 Å². The van der Waals surface area contributed by atoms with Gasteiger partial charge in [0.05, 0.1) is 12.1 Å². The molecule has 0 bridgehead atoms. The van der Waals surface area contributed by atoms with Gasteiger partial charge in [0.15, 0.2) is 0 Å². The van der Waals surface area contributed by atoms with Crippen molar-refractivity contribution in [3.8, 4) is 0 Å². The summed E-state index contributed by atoms with van der Waals surface area (Å²) in [6.07, 6.45) is 5.46. The van der Waals surface area contributed by atoms with Crippen molar-refractivity contribution in [2.24, 2.45) is 0 Å². The number of hydrogen-bond acceptors (Lipinski definition) is 3. The van der Waals surface area contributed by atoms with Crippen molar-refractivity contribution in [3.63, 3.8) is 0 Å². The van der Waals surface area contributed by atoms with Crippen LogP contribution in [0, 0.1) is 5.82 Å². The second-order valence-corrected chi connectivity index (χ2v) is 6.84. The van der Waals surface area contributed by atoms with Gasteiger partial charge in [0.25, 0.3) is 0 Å². The molecule has 126 valence electrons. The molecule has 2 N–H and O–H groups in total. The average molecular weight is 320 g/mol. The number of carbonyl (C=O) groups excluding carboxylic acids is 1. The zero-order valence-electron chi connectivity index (χ0n) is 13.4. The minimum absolute atomic E-state index is 0.0632. The molecule has 0 spiro atoms. The minimum Gasteiger partial charge on any atom is -0.385 e. The summed E-state index contributed by atoms with van der Waals surface area (Å²) in [5.74, 6) is -0.296. The molecule has 1 aromatic rings. The van der Waals surface area contributed by atoms with Crippen molar-refractivity contribution in [1.29, 1.82) is 0 Å². The highest BCUT2D eigenvalue weighted by molar-refractivity contribution is 5.78. The Kier molecular flexibility index (Phi) is 4.97. The average Bonchev–Trinajstić information content (AvgIpc) is 3.03. The molecule has 1 amide bonds. The largest absolute Gasteiger partial charge is 0.385 e. The van der Waals surface area contributed by atoms with Crippen LogP contribution >= 0.6 is 0 Å². The van der Waals surface area contributed by atoms with Gasteiger partial charge in [-0.2, -0.15) is 0 Å². The van der Waals surface area contributed by atoms with Crippen LogP contribution in [0.2, 0.25) is 0 Å². The Morgan fingerprint density at radius 1 is 1.26 bits per heavy atom. The Morgan fingerprint density at radius 3 is 2.57 bits per heavy atom. The Labute approximate surface area is 136 Å². The Balaban J connectivity index is 1.52. The lowest BCUT2D eigenvalue weighted by Gasteiger charge is -2.38. The van der Waals surface area contributed by atoms with Gasteiger partial charge in [-0.1, -0.05) is 31.0 Å². The van der Waals surface area contributed by atoms with E-state index in [-0.39, 0.29) is 11.7 Å². The molecule has 1 heterocycles. The molecule has 3 rings (SSSR count). The van der Waals surface area contributed by atoms with E-state index < -0.39 is 5.60 Å². The van der Waals surface area contributed by atoms with Gasteiger partial charge in [-0.25, -0.2) is 4.39 Å². The third-order valence-corrected chi connectivity index (χ3v) is 5.15. The Hall–Kier alpha value is -1.46. The maximum absolute atomic E-state index is 13.9. The zero-order chi connectivity index (χ0) is 16.3. The lowest BCUT2D eigenvalue weighted by molar-refractivity contribution is -0.124. The summed E-state index contributed by atoms with van der Waals surface area (Å²) in [5, 5.41) is 13.8. The predicted octanol–water partition coefficient (Wildman–Crippen LogP) is 2.17. The van der Waals surface area contributed by atoms with E-state index in [1.165, 1.54) is 18.9 Å². The first-order valence-corrected chi connectivity index (χ1v) is 8.56. The van der Waals surface area contributed by atoms with E-state index >= 15 is 0 Å². The lowest BCUT2D eigenvalue weighted by Crippen LogP contribution is -2.47. The third kappa shape index (κ3) is 3.90. The number of benzene rings is 1. The van der Waals surface area contributed by atoms with Crippen LogP contribution in [0.5, 0.6) is 0 Å². The van der Waals surface area contributed by atoms with Gasteiger partial charge < -0.3 is 10.4 Å². The van der Waals surface area contributed by atoms with Crippen molar-refractivity contribution in [3.05, 3.63) is 35.6 Å². The highest BCUT2D eigenvalue weighted by Crippen LogP contribution is 2.34. The molecular weight excluding hydrogens is 295 g/mol. The number of nitrogens with one attached hydrogen (secondary N) is 1. The van der Waals surface area contributed by atoms with Crippen LogP contribution in [0.4, 0.5) is 4.39 Å². The summed E-state index contributed by atoms with van der Waals surface area (Å²) in [6.45, 7) is 1.57. The molecule has 0 unspecified atom stereocenters. The molecule has 0 atom stereocenters. The predicted molar refractivity (Wildman–Crippen MR) is 86.4 cm³/mol. The van der Waals surface area contributed by atoms with Crippen LogP contribution in [-0.2, 0) is 10.4 Å². The fourth-order valence-electron chi connectivity index (χ4n) is 3.74. The number of nitrogens with zero attached hydrogens (tertiary/aromatic N) is 1. The number of hydrogen-bond donors (Lipinski definition) is 2. The molecule has 2 fully saturated rings. The SMILES string of the molecule is O=C(CN1CCC(O)(c2ccccc2F)CC1)NC1CCCC1. The molecule has 23 heavy (non-hydrogen) atoms. The summed E-state index contributed by atoms with van der Waals surface area (Å²) in [7, 11) is 0. The van der Waals surface area contributed by atoms with Gasteiger partial charge in [-0.05, 0) is 31.7 Å². The number of piperidine rings is 1. The van der Waals surface area contributed by atoms with E-state index in [2.05, 4.69) is 5.32 Å². The normalized spacial score (nSPS) is 22.2. The van der Waals surface area contributed by atoms with Gasteiger partial charge in [-0.15, -0.1) is 0 Å². The van der Waals surface area contributed by atoms with Crippen LogP contribution in [0.25, 0.3) is 0 Å². The first-order valence-electron chi connectivity index (χ1n) is 8.56. The van der Waals surface area contributed by atoms with Gasteiger partial charge in [-0.3, -0.25) is 9.69 Å². The van der Waals surface area contributed by atoms with E-state index in [1.54, 1.807) is 18.2 Å². The summed E-state index contributed by atoms with van der Waals surface area (Å²) in [6, 6.07) is 6.75. The topological polar surface area (TPSA) is 52.6 Å². The molecule has 1 saturated heterocycles. The van der Waals surface area contributed by atoms with E-state index in [1.807, 2.05) is 4.90 Å². The summed E-state index contributed by atoms with van der Waals surface area (Å²) in [4.78, 5) is 14.1. The maximum Gasteiger partial charge on any atom is 0.234 e. The minimum atomic E-state index is -1.12. The van der Waals surface area contributed by atoms with Crippen LogP contribution in [0.3, 0.4) is 0 Å². The molecular formula is C18H25FN2O2. The smallest absolute Gasteiger partial charge is 0.234 e. The quantitative estimate of drug-likeness (QED) is 0.894. The number of halogens is 1. The number of aliphatic hydroxyl groups is 1. The molecule has 4 nitrogen and oxygen atoms in total. The van der Waals surface area contributed by atoms with Gasteiger partial charge >= 0.3 is 0 Å². The fraction of sp³-hybridized carbons (Fsp3) is 0.611. The third-order valence-electron chi connectivity index (χ3n) is 5.15. The number of likely N-dealkylation sites (tertiary alicyclic amines) is 1. The van der Waals surface area contributed by atoms with Crippen LogP contribution < -0.4 is 5.32 Å². The number of amides is 1. The standard InChI is InChI=1S/C18H25FN2O2/c19-16-8-4-3-7-15(16)18(23)9-11-21(12-10-18)13-17(22)20-14-5-1-2-6-14/h3-4,7-8,14,23H,1-2,5-6,9-13H2,(H,20,22). The second-order valence-electron chi connectivity index (χ2n) is 6.84. The van der Waals surface area contributed by atoms with Crippen molar-refractivity contribution >= 4 is 5.91 Å². The molecule has 5 heteroatoms. The lowest BCUT2D eigenvalue weighted by atomic mass is 9.84. The Morgan fingerprint density at radius 2 is 1.91 bits per heavy atom. The summed E-state index contributed by atoms with van der Waals surface area (Å²) < 4.78 is 13.9. The number of rotatable bonds is 4. The van der Waals surface area contributed by atoms with Gasteiger partial charge in [0.1, 0.15) is 5.82 Å². The van der Waals surface area contributed by atoms with Crippen molar-refractivity contribution in [2.45, 2.75) is 50.2 Å². The molecule has 1 aromatic carbocycles. The van der Waals surface area contributed by atoms with Crippen LogP contribution in [-0.4, -0.2) is 41.6 Å². The summed E-state index contributed by atoms with van der Waals surface area (Å²) >= 11 is 0. The monoisotopic (exact) mass is 320 g/mol. The van der Waals surface area contributed by atoms with E-state index in [4.69, 9.17) is 0 Å².